The van der Waals surface area contributed by atoms with E-state index in [4.69, 9.17) is 4.99 Å². The first kappa shape index (κ1) is 39.6. The molecule has 0 spiro atoms. The van der Waals surface area contributed by atoms with Gasteiger partial charge in [-0.1, -0.05) is 130 Å². The molecule has 3 rings (SSSR count). The zero-order valence-corrected chi connectivity index (χ0v) is 30.7. The molecule has 47 heavy (non-hydrogen) atoms. The fourth-order valence-electron chi connectivity index (χ4n) is 5.65. The molecular formula is C44H59F2N. The molecule has 0 saturated heterocycles. The average molecular weight is 640 g/mol. The van der Waals surface area contributed by atoms with Gasteiger partial charge >= 0.3 is 0 Å². The van der Waals surface area contributed by atoms with Gasteiger partial charge in [-0.25, -0.2) is 8.78 Å². The highest BCUT2D eigenvalue weighted by Crippen LogP contribution is 2.32. The van der Waals surface area contributed by atoms with Crippen molar-refractivity contribution in [3.63, 3.8) is 0 Å². The number of alkyl halides is 2. The van der Waals surface area contributed by atoms with E-state index in [9.17, 15) is 8.78 Å². The summed E-state index contributed by atoms with van der Waals surface area (Å²) in [7, 11) is 0. The molecule has 0 aromatic heterocycles. The summed E-state index contributed by atoms with van der Waals surface area (Å²) in [6, 6.07) is 22.4. The highest BCUT2D eigenvalue weighted by molar-refractivity contribution is 6.22. The van der Waals surface area contributed by atoms with Gasteiger partial charge in [0, 0.05) is 30.8 Å². The molecule has 0 saturated carbocycles. The Morgan fingerprint density at radius 2 is 1.34 bits per heavy atom. The first-order chi connectivity index (χ1) is 22.3. The van der Waals surface area contributed by atoms with Crippen LogP contribution in [0, 0.1) is 33.6 Å². The topological polar surface area (TPSA) is 12.4 Å². The first-order valence-electron chi connectivity index (χ1n) is 17.4. The molecule has 0 aliphatic carbocycles. The van der Waals surface area contributed by atoms with Gasteiger partial charge < -0.3 is 0 Å². The number of rotatable bonds is 15. The quantitative estimate of drug-likeness (QED) is 0.0679. The predicted octanol–water partition coefficient (Wildman–Crippen LogP) is 13.6. The lowest BCUT2D eigenvalue weighted by molar-refractivity contribution is 0.0174. The zero-order chi connectivity index (χ0) is 35.0. The lowest BCUT2D eigenvalue weighted by Gasteiger charge is -2.16. The van der Waals surface area contributed by atoms with Gasteiger partial charge in [0.1, 0.15) is 0 Å². The van der Waals surface area contributed by atoms with E-state index in [1.54, 1.807) is 6.07 Å². The van der Waals surface area contributed by atoms with Crippen molar-refractivity contribution in [1.29, 1.82) is 0 Å². The predicted molar refractivity (Wildman–Crippen MR) is 204 cm³/mol. The van der Waals surface area contributed by atoms with Crippen molar-refractivity contribution >= 4 is 17.4 Å². The third kappa shape index (κ3) is 13.6. The number of nitrogens with zero attached hydrogens (tertiary/aromatic N) is 1. The molecule has 0 bridgehead atoms. The second-order valence-corrected chi connectivity index (χ2v) is 13.2. The molecule has 1 nitrogen and oxygen atoms in total. The number of halogens is 2. The average Bonchev–Trinajstić information content (AvgIpc) is 3.03. The molecule has 0 aliphatic heterocycles. The summed E-state index contributed by atoms with van der Waals surface area (Å²) in [5, 5.41) is 0. The maximum atomic E-state index is 12.8. The van der Waals surface area contributed by atoms with Crippen LogP contribution in [-0.4, -0.2) is 12.8 Å². The van der Waals surface area contributed by atoms with E-state index >= 15 is 0 Å². The molecule has 0 aliphatic rings. The van der Waals surface area contributed by atoms with Crippen LogP contribution in [0.1, 0.15) is 119 Å². The normalized spacial score (nSPS) is 12.6. The van der Waals surface area contributed by atoms with Crippen molar-refractivity contribution in [1.82, 2.24) is 0 Å². The summed E-state index contributed by atoms with van der Waals surface area (Å²) in [5.41, 5.74) is 12.1. The van der Waals surface area contributed by atoms with E-state index < -0.39 is 5.92 Å². The second-order valence-electron chi connectivity index (χ2n) is 13.2. The summed E-state index contributed by atoms with van der Waals surface area (Å²) >= 11 is 0. The molecule has 0 heterocycles. The van der Waals surface area contributed by atoms with Crippen LogP contribution in [0.3, 0.4) is 0 Å². The van der Waals surface area contributed by atoms with E-state index in [0.717, 1.165) is 43.4 Å². The third-order valence-corrected chi connectivity index (χ3v) is 8.93. The fourth-order valence-corrected chi connectivity index (χ4v) is 5.65. The Hall–Kier alpha value is -3.59. The van der Waals surface area contributed by atoms with Crippen molar-refractivity contribution in [2.24, 2.45) is 10.9 Å². The van der Waals surface area contributed by atoms with Crippen LogP contribution in [0.25, 0.3) is 11.1 Å². The number of benzene rings is 3. The summed E-state index contributed by atoms with van der Waals surface area (Å²) in [6.07, 6.45) is 12.9. The molecule has 0 N–H and O–H groups in total. The van der Waals surface area contributed by atoms with Gasteiger partial charge in [-0.2, -0.15) is 0 Å². The van der Waals surface area contributed by atoms with E-state index in [2.05, 4.69) is 109 Å². The number of hydrogen-bond donors (Lipinski definition) is 0. The molecule has 3 heteroatoms. The standard InChI is InChI=1S/C34H47N.C10H12F2/c1-8-11-30(12-9-2)18-13-28(6)23-24-35-25-33(31-19-14-26(4)15-20-31)34(29(7)10-3)32-21-16-27(5)17-22-32;1-7-4-5-9(6-8(7)2)10(3,11)12/h10,14-17,19-22,25,30H,6,8-9,11-13,18,23-24H2,1-5,7H3;4-6H,1-3H3/b29-10+,34-33-,35-25?;. The molecule has 254 valence electrons. The van der Waals surface area contributed by atoms with Crippen molar-refractivity contribution < 1.29 is 8.78 Å². The molecule has 0 unspecified atom stereocenters. The Kier molecular flexibility index (Phi) is 16.8. The fraction of sp³-hybridized carbons (Fsp3) is 0.432. The molecule has 0 atom stereocenters. The number of aryl methyl sites for hydroxylation is 4. The molecule has 3 aromatic rings. The summed E-state index contributed by atoms with van der Waals surface area (Å²) in [5.74, 6) is -1.87. The lowest BCUT2D eigenvalue weighted by atomic mass is 9.89. The van der Waals surface area contributed by atoms with Crippen molar-refractivity contribution in [3.05, 3.63) is 129 Å². The van der Waals surface area contributed by atoms with E-state index in [-0.39, 0.29) is 5.56 Å². The monoisotopic (exact) mass is 639 g/mol. The van der Waals surface area contributed by atoms with Gasteiger partial charge in [-0.05, 0) is 106 Å². The molecule has 0 radical (unpaired) electrons. The van der Waals surface area contributed by atoms with Crippen molar-refractivity contribution in [2.45, 2.75) is 113 Å². The van der Waals surface area contributed by atoms with Gasteiger partial charge in [-0.15, -0.1) is 0 Å². The van der Waals surface area contributed by atoms with Gasteiger partial charge in [0.2, 0.25) is 0 Å². The molecule has 0 fully saturated rings. The summed E-state index contributed by atoms with van der Waals surface area (Å²) in [4.78, 5) is 4.92. The minimum atomic E-state index is -2.72. The zero-order valence-electron chi connectivity index (χ0n) is 30.7. The molecular weight excluding hydrogens is 580 g/mol. The third-order valence-electron chi connectivity index (χ3n) is 8.93. The van der Waals surface area contributed by atoms with Gasteiger partial charge in [0.15, 0.2) is 0 Å². The molecule has 0 amide bonds. The van der Waals surface area contributed by atoms with Crippen LogP contribution in [0.4, 0.5) is 8.78 Å². The second kappa shape index (κ2) is 19.9. The van der Waals surface area contributed by atoms with E-state index in [1.165, 1.54) is 88.8 Å². The summed E-state index contributed by atoms with van der Waals surface area (Å²) in [6.45, 7) is 23.0. The van der Waals surface area contributed by atoms with Crippen LogP contribution in [0.2, 0.25) is 0 Å². The van der Waals surface area contributed by atoms with Crippen LogP contribution in [0.15, 0.2) is 95.5 Å². The SMILES string of the molecule is C=C(CCN=C/C(=C(\C(C)=C\C)c1ccc(C)cc1)c1ccc(C)cc1)CCC(CCC)CCC.Cc1ccc(C(C)(F)F)cc1C. The Morgan fingerprint density at radius 1 is 0.787 bits per heavy atom. The van der Waals surface area contributed by atoms with Crippen LogP contribution < -0.4 is 0 Å². The van der Waals surface area contributed by atoms with Gasteiger partial charge in [-0.3, -0.25) is 4.99 Å². The Balaban J connectivity index is 0.000000535. The van der Waals surface area contributed by atoms with Crippen LogP contribution >= 0.6 is 0 Å². The molecule has 3 aromatic carbocycles. The number of aliphatic imine (C=N–C) groups is 1. The van der Waals surface area contributed by atoms with Crippen LogP contribution in [-0.2, 0) is 5.92 Å². The Morgan fingerprint density at radius 3 is 1.83 bits per heavy atom. The smallest absolute Gasteiger partial charge is 0.270 e. The van der Waals surface area contributed by atoms with Gasteiger partial charge in [0.25, 0.3) is 5.92 Å². The largest absolute Gasteiger partial charge is 0.292 e. The van der Waals surface area contributed by atoms with Gasteiger partial charge in [0.05, 0.1) is 0 Å². The highest BCUT2D eigenvalue weighted by atomic mass is 19.3. The number of hydrogen-bond acceptors (Lipinski definition) is 1. The van der Waals surface area contributed by atoms with E-state index in [0.29, 0.717) is 0 Å². The lowest BCUT2D eigenvalue weighted by Crippen LogP contribution is -2.07. The Labute approximate surface area is 285 Å². The highest BCUT2D eigenvalue weighted by Gasteiger charge is 2.24. The number of allylic oxidation sites excluding steroid dienone is 4. The van der Waals surface area contributed by atoms with Crippen LogP contribution in [0.5, 0.6) is 0 Å². The Bertz CT molecular complexity index is 1480. The first-order valence-corrected chi connectivity index (χ1v) is 17.4. The maximum absolute atomic E-state index is 12.8. The minimum absolute atomic E-state index is 0.0885. The maximum Gasteiger partial charge on any atom is 0.270 e. The van der Waals surface area contributed by atoms with Crippen molar-refractivity contribution in [2.75, 3.05) is 6.54 Å². The minimum Gasteiger partial charge on any atom is -0.292 e. The van der Waals surface area contributed by atoms with Crippen molar-refractivity contribution in [3.8, 4) is 0 Å². The summed E-state index contributed by atoms with van der Waals surface area (Å²) < 4.78 is 25.5. The van der Waals surface area contributed by atoms with E-state index in [1.807, 2.05) is 13.8 Å².